The summed E-state index contributed by atoms with van der Waals surface area (Å²) in [5.41, 5.74) is 1.34. The van der Waals surface area contributed by atoms with Gasteiger partial charge in [0.15, 0.2) is 0 Å². The summed E-state index contributed by atoms with van der Waals surface area (Å²) in [4.78, 5) is 13.9. The van der Waals surface area contributed by atoms with Gasteiger partial charge in [0.05, 0.1) is 0 Å². The molecule has 0 aliphatic carbocycles. The van der Waals surface area contributed by atoms with E-state index in [-0.39, 0.29) is 11.8 Å². The zero-order valence-electron chi connectivity index (χ0n) is 10.6. The second kappa shape index (κ2) is 5.36. The van der Waals surface area contributed by atoms with Gasteiger partial charge in [-0.25, -0.2) is 0 Å². The fraction of sp³-hybridized carbons (Fsp3) is 0.615. The number of piperidine rings is 1. The van der Waals surface area contributed by atoms with Crippen LogP contribution in [0.5, 0.6) is 0 Å². The maximum atomic E-state index is 11.5. The van der Waals surface area contributed by atoms with Crippen LogP contribution in [0.4, 0.5) is 0 Å². The Balaban J connectivity index is 1.83. The predicted molar refractivity (Wildman–Crippen MR) is 67.5 cm³/mol. The van der Waals surface area contributed by atoms with Crippen LogP contribution in [0, 0.1) is 5.92 Å². The van der Waals surface area contributed by atoms with Crippen molar-refractivity contribution in [2.24, 2.45) is 13.0 Å². The van der Waals surface area contributed by atoms with Gasteiger partial charge < -0.3 is 9.88 Å². The first-order valence-electron chi connectivity index (χ1n) is 6.25. The summed E-state index contributed by atoms with van der Waals surface area (Å²) in [5, 5.41) is 2.74. The molecule has 1 N–H and O–H groups in total. The summed E-state index contributed by atoms with van der Waals surface area (Å²) < 4.78 is 2.16. The number of nitrogens with one attached hydrogen (secondary N) is 1. The Labute approximate surface area is 103 Å². The lowest BCUT2D eigenvalue weighted by molar-refractivity contribution is -0.125. The molecule has 1 fully saturated rings. The maximum Gasteiger partial charge on any atom is 0.222 e. The van der Waals surface area contributed by atoms with Crippen molar-refractivity contribution in [3.8, 4) is 0 Å². The zero-order valence-corrected chi connectivity index (χ0v) is 10.6. The molecule has 1 saturated heterocycles. The topological polar surface area (TPSA) is 37.3 Å². The van der Waals surface area contributed by atoms with Crippen molar-refractivity contribution < 1.29 is 4.79 Å². The number of aryl methyl sites for hydroxylation is 1. The van der Waals surface area contributed by atoms with Gasteiger partial charge in [0, 0.05) is 38.4 Å². The van der Waals surface area contributed by atoms with Crippen molar-refractivity contribution in [3.63, 3.8) is 0 Å². The Morgan fingerprint density at radius 3 is 2.71 bits per heavy atom. The molecule has 4 nitrogen and oxygen atoms in total. The number of amides is 1. The summed E-state index contributed by atoms with van der Waals surface area (Å²) in [5.74, 6) is 0.410. The molecule has 1 aliphatic heterocycles. The van der Waals surface area contributed by atoms with Crippen LogP contribution in [0.25, 0.3) is 0 Å². The Kier molecular flexibility index (Phi) is 3.84. The van der Waals surface area contributed by atoms with E-state index in [4.69, 9.17) is 0 Å². The molecule has 0 spiro atoms. The lowest BCUT2D eigenvalue weighted by Crippen LogP contribution is -2.39. The second-order valence-corrected chi connectivity index (χ2v) is 4.78. The van der Waals surface area contributed by atoms with E-state index in [0.29, 0.717) is 0 Å². The number of aromatic nitrogens is 1. The second-order valence-electron chi connectivity index (χ2n) is 4.78. The highest BCUT2D eigenvalue weighted by atomic mass is 16.1. The molecular formula is C13H21N3O. The normalized spacial score (nSPS) is 18.2. The smallest absolute Gasteiger partial charge is 0.222 e. The average Bonchev–Trinajstić information content (AvgIpc) is 2.75. The highest BCUT2D eigenvalue weighted by Crippen LogP contribution is 2.19. The number of nitrogens with zero attached hydrogens (tertiary/aromatic N) is 2. The summed E-state index contributed by atoms with van der Waals surface area (Å²) in [7, 11) is 3.80. The van der Waals surface area contributed by atoms with Gasteiger partial charge in [-0.15, -0.1) is 0 Å². The number of rotatable bonds is 3. The number of hydrogen-bond acceptors (Lipinski definition) is 2. The van der Waals surface area contributed by atoms with E-state index >= 15 is 0 Å². The third-order valence-electron chi connectivity index (χ3n) is 3.64. The first kappa shape index (κ1) is 12.2. The summed E-state index contributed by atoms with van der Waals surface area (Å²) in [6, 6.07) is 4.23. The molecule has 0 atom stereocenters. The molecule has 0 saturated carbocycles. The van der Waals surface area contributed by atoms with Crippen molar-refractivity contribution in [1.29, 1.82) is 0 Å². The van der Waals surface area contributed by atoms with Crippen molar-refractivity contribution in [2.75, 3.05) is 20.1 Å². The number of carbonyl (C=O) groups excluding carboxylic acids is 1. The van der Waals surface area contributed by atoms with Gasteiger partial charge in [0.25, 0.3) is 0 Å². The average molecular weight is 235 g/mol. The molecule has 94 valence electrons. The van der Waals surface area contributed by atoms with Gasteiger partial charge in [-0.1, -0.05) is 0 Å². The third-order valence-corrected chi connectivity index (χ3v) is 3.64. The predicted octanol–water partition coefficient (Wildman–Crippen LogP) is 0.983. The van der Waals surface area contributed by atoms with E-state index in [9.17, 15) is 4.79 Å². The fourth-order valence-corrected chi connectivity index (χ4v) is 2.45. The van der Waals surface area contributed by atoms with E-state index in [1.807, 2.05) is 0 Å². The van der Waals surface area contributed by atoms with Gasteiger partial charge >= 0.3 is 0 Å². The summed E-state index contributed by atoms with van der Waals surface area (Å²) >= 11 is 0. The van der Waals surface area contributed by atoms with Crippen LogP contribution in [0.3, 0.4) is 0 Å². The molecule has 1 amide bonds. The lowest BCUT2D eigenvalue weighted by atomic mass is 9.96. The van der Waals surface area contributed by atoms with E-state index in [1.54, 1.807) is 7.05 Å². The van der Waals surface area contributed by atoms with Gasteiger partial charge in [-0.3, -0.25) is 9.69 Å². The zero-order chi connectivity index (χ0) is 12.3. The first-order valence-corrected chi connectivity index (χ1v) is 6.25. The maximum absolute atomic E-state index is 11.5. The van der Waals surface area contributed by atoms with Gasteiger partial charge in [0.2, 0.25) is 5.91 Å². The fourth-order valence-electron chi connectivity index (χ4n) is 2.45. The molecule has 1 aromatic heterocycles. The highest BCUT2D eigenvalue weighted by molar-refractivity contribution is 5.78. The van der Waals surface area contributed by atoms with Crippen LogP contribution in [-0.4, -0.2) is 35.5 Å². The number of hydrogen-bond donors (Lipinski definition) is 1. The Morgan fingerprint density at radius 1 is 1.47 bits per heavy atom. The first-order chi connectivity index (χ1) is 8.20. The van der Waals surface area contributed by atoms with Crippen LogP contribution >= 0.6 is 0 Å². The van der Waals surface area contributed by atoms with Crippen molar-refractivity contribution in [3.05, 3.63) is 24.0 Å². The minimum absolute atomic E-state index is 0.198. The van der Waals surface area contributed by atoms with Crippen LogP contribution in [0.1, 0.15) is 18.5 Å². The minimum atomic E-state index is 0.198. The van der Waals surface area contributed by atoms with E-state index in [1.165, 1.54) is 5.69 Å². The Bertz CT molecular complexity index is 378. The van der Waals surface area contributed by atoms with Gasteiger partial charge in [-0.2, -0.15) is 0 Å². The lowest BCUT2D eigenvalue weighted by Gasteiger charge is -2.31. The molecule has 0 bridgehead atoms. The summed E-state index contributed by atoms with van der Waals surface area (Å²) in [6.07, 6.45) is 4.03. The van der Waals surface area contributed by atoms with Crippen LogP contribution in [-0.2, 0) is 18.4 Å². The molecule has 17 heavy (non-hydrogen) atoms. The molecule has 1 aromatic rings. The SMILES string of the molecule is CNC(=O)C1CCN(Cc2cccn2C)CC1. The molecule has 0 aromatic carbocycles. The summed E-state index contributed by atoms with van der Waals surface area (Å²) in [6.45, 7) is 3.02. The molecule has 2 heterocycles. The molecule has 0 unspecified atom stereocenters. The Hall–Kier alpha value is -1.29. The van der Waals surface area contributed by atoms with E-state index in [2.05, 4.69) is 40.2 Å². The van der Waals surface area contributed by atoms with Crippen LogP contribution in [0.2, 0.25) is 0 Å². The minimum Gasteiger partial charge on any atom is -0.359 e. The van der Waals surface area contributed by atoms with Crippen LogP contribution < -0.4 is 5.32 Å². The standard InChI is InChI=1S/C13H21N3O/c1-14-13(17)11-5-8-16(9-6-11)10-12-4-3-7-15(12)2/h3-4,7,11H,5-6,8-10H2,1-2H3,(H,14,17). The van der Waals surface area contributed by atoms with Crippen molar-refractivity contribution in [2.45, 2.75) is 19.4 Å². The monoisotopic (exact) mass is 235 g/mol. The van der Waals surface area contributed by atoms with Crippen molar-refractivity contribution in [1.82, 2.24) is 14.8 Å². The van der Waals surface area contributed by atoms with Crippen molar-refractivity contribution >= 4 is 5.91 Å². The Morgan fingerprint density at radius 2 is 2.18 bits per heavy atom. The quantitative estimate of drug-likeness (QED) is 0.848. The van der Waals surface area contributed by atoms with Crippen LogP contribution in [0.15, 0.2) is 18.3 Å². The molecule has 1 aliphatic rings. The molecule has 2 rings (SSSR count). The number of carbonyl (C=O) groups is 1. The third kappa shape index (κ3) is 2.88. The van der Waals surface area contributed by atoms with Gasteiger partial charge in [-0.05, 0) is 38.1 Å². The molecular weight excluding hydrogens is 214 g/mol. The largest absolute Gasteiger partial charge is 0.359 e. The van der Waals surface area contributed by atoms with E-state index < -0.39 is 0 Å². The highest BCUT2D eigenvalue weighted by Gasteiger charge is 2.24. The number of likely N-dealkylation sites (tertiary alicyclic amines) is 1. The molecule has 0 radical (unpaired) electrons. The van der Waals surface area contributed by atoms with Gasteiger partial charge in [0.1, 0.15) is 0 Å². The molecule has 4 heteroatoms. The van der Waals surface area contributed by atoms with E-state index in [0.717, 1.165) is 32.5 Å².